The molecule has 0 radical (unpaired) electrons. The molecule has 1 aromatic heterocycles. The molecule has 18 heavy (non-hydrogen) atoms. The molecule has 0 fully saturated rings. The van der Waals surface area contributed by atoms with Gasteiger partial charge in [-0.15, -0.1) is 0 Å². The lowest BCUT2D eigenvalue weighted by Gasteiger charge is -2.01. The van der Waals surface area contributed by atoms with Gasteiger partial charge in [-0.05, 0) is 38.1 Å². The molecule has 2 aromatic rings. The lowest BCUT2D eigenvalue weighted by atomic mass is 10.1. The molecule has 4 nitrogen and oxygen atoms in total. The molecule has 0 aliphatic carbocycles. The maximum absolute atomic E-state index is 5.45. The number of ether oxygens (including phenoxy) is 2. The van der Waals surface area contributed by atoms with Gasteiger partial charge in [-0.2, -0.15) is 0 Å². The molecule has 3 rings (SSSR count). The minimum Gasteiger partial charge on any atom is -0.454 e. The second kappa shape index (κ2) is 4.53. The number of rotatable bonds is 4. The fourth-order valence-electron chi connectivity index (χ4n) is 2.51. The fourth-order valence-corrected chi connectivity index (χ4v) is 2.51. The lowest BCUT2D eigenvalue weighted by molar-refractivity contribution is 0.174. The third-order valence-corrected chi connectivity index (χ3v) is 3.44. The van der Waals surface area contributed by atoms with Crippen molar-refractivity contribution < 1.29 is 9.47 Å². The summed E-state index contributed by atoms with van der Waals surface area (Å²) in [5, 5.41) is 4.46. The average molecular weight is 246 g/mol. The number of benzene rings is 1. The van der Waals surface area contributed by atoms with Crippen LogP contribution in [0.4, 0.5) is 0 Å². The highest BCUT2D eigenvalue weighted by molar-refractivity contribution is 5.87. The molecule has 2 heterocycles. The van der Waals surface area contributed by atoms with Crippen LogP contribution in [0.25, 0.3) is 10.9 Å². The molecular weight excluding hydrogens is 228 g/mol. The van der Waals surface area contributed by atoms with Crippen LogP contribution in [-0.2, 0) is 13.5 Å². The minimum absolute atomic E-state index is 0.334. The largest absolute Gasteiger partial charge is 0.454 e. The molecule has 1 aliphatic heterocycles. The Morgan fingerprint density at radius 1 is 1.28 bits per heavy atom. The molecule has 4 heteroatoms. The Kier molecular flexibility index (Phi) is 2.88. The van der Waals surface area contributed by atoms with E-state index in [4.69, 9.17) is 9.47 Å². The van der Waals surface area contributed by atoms with E-state index in [1.807, 2.05) is 7.05 Å². The third-order valence-electron chi connectivity index (χ3n) is 3.44. The smallest absolute Gasteiger partial charge is 0.231 e. The number of aromatic nitrogens is 1. The molecule has 1 aliphatic rings. The number of fused-ring (bicyclic) bond motifs is 2. The van der Waals surface area contributed by atoms with Crippen molar-refractivity contribution in [2.75, 3.05) is 20.4 Å². The highest BCUT2D eigenvalue weighted by Gasteiger charge is 2.17. The molecule has 96 valence electrons. The predicted molar refractivity (Wildman–Crippen MR) is 71.3 cm³/mol. The first-order valence-corrected chi connectivity index (χ1v) is 6.32. The highest BCUT2D eigenvalue weighted by atomic mass is 16.7. The van der Waals surface area contributed by atoms with E-state index in [9.17, 15) is 0 Å². The summed E-state index contributed by atoms with van der Waals surface area (Å²) in [6.45, 7) is 1.38. The van der Waals surface area contributed by atoms with Gasteiger partial charge in [-0.3, -0.25) is 0 Å². The quantitative estimate of drug-likeness (QED) is 0.839. The van der Waals surface area contributed by atoms with E-state index in [1.165, 1.54) is 16.5 Å². The van der Waals surface area contributed by atoms with Crippen LogP contribution in [0.1, 0.15) is 12.0 Å². The van der Waals surface area contributed by atoms with Gasteiger partial charge in [0.05, 0.1) is 5.52 Å². The van der Waals surface area contributed by atoms with E-state index >= 15 is 0 Å². The third kappa shape index (κ3) is 1.82. The van der Waals surface area contributed by atoms with Gasteiger partial charge in [0.15, 0.2) is 11.5 Å². The van der Waals surface area contributed by atoms with Gasteiger partial charge in [0.2, 0.25) is 6.79 Å². The van der Waals surface area contributed by atoms with Crippen molar-refractivity contribution in [2.45, 2.75) is 12.8 Å². The zero-order chi connectivity index (χ0) is 12.5. The zero-order valence-corrected chi connectivity index (χ0v) is 10.8. The van der Waals surface area contributed by atoms with Crippen LogP contribution in [0, 0.1) is 0 Å². The van der Waals surface area contributed by atoms with Crippen molar-refractivity contribution in [2.24, 2.45) is 7.05 Å². The van der Waals surface area contributed by atoms with Gasteiger partial charge >= 0.3 is 0 Å². The molecule has 0 saturated carbocycles. The molecular formula is C14H18N2O2. The Morgan fingerprint density at radius 2 is 2.06 bits per heavy atom. The summed E-state index contributed by atoms with van der Waals surface area (Å²) >= 11 is 0. The molecule has 0 saturated heterocycles. The van der Waals surface area contributed by atoms with E-state index in [-0.39, 0.29) is 0 Å². The van der Waals surface area contributed by atoms with E-state index in [2.05, 4.69) is 35.3 Å². The van der Waals surface area contributed by atoms with Gasteiger partial charge in [-0.1, -0.05) is 0 Å². The van der Waals surface area contributed by atoms with Crippen LogP contribution in [0.3, 0.4) is 0 Å². The van der Waals surface area contributed by atoms with Crippen LogP contribution >= 0.6 is 0 Å². The number of nitrogens with one attached hydrogen (secondary N) is 1. The summed E-state index contributed by atoms with van der Waals surface area (Å²) in [6, 6.07) is 4.17. The Bertz CT molecular complexity index is 575. The molecule has 1 aromatic carbocycles. The van der Waals surface area contributed by atoms with E-state index in [0.717, 1.165) is 30.9 Å². The average Bonchev–Trinajstić information content (AvgIpc) is 2.93. The molecule has 1 N–H and O–H groups in total. The van der Waals surface area contributed by atoms with E-state index < -0.39 is 0 Å². The van der Waals surface area contributed by atoms with Crippen molar-refractivity contribution in [3.05, 3.63) is 23.9 Å². The van der Waals surface area contributed by atoms with Gasteiger partial charge in [0.1, 0.15) is 0 Å². The van der Waals surface area contributed by atoms with Gasteiger partial charge in [0, 0.05) is 24.7 Å². The summed E-state index contributed by atoms with van der Waals surface area (Å²) in [7, 11) is 4.06. The van der Waals surface area contributed by atoms with E-state index in [0.29, 0.717) is 6.79 Å². The Morgan fingerprint density at radius 3 is 2.83 bits per heavy atom. The maximum Gasteiger partial charge on any atom is 0.231 e. The van der Waals surface area contributed by atoms with Crippen LogP contribution in [0.5, 0.6) is 11.5 Å². The summed E-state index contributed by atoms with van der Waals surface area (Å²) in [4.78, 5) is 0. The first-order chi connectivity index (χ1) is 8.79. The number of hydrogen-bond acceptors (Lipinski definition) is 3. The maximum atomic E-state index is 5.45. The van der Waals surface area contributed by atoms with E-state index in [1.54, 1.807) is 0 Å². The molecule has 0 bridgehead atoms. The lowest BCUT2D eigenvalue weighted by Crippen LogP contribution is -2.08. The standard InChI is InChI=1S/C14H18N2O2/c1-15-5-3-4-10-8-16(2)12-7-14-13(6-11(10)12)17-9-18-14/h6-8,15H,3-5,9H2,1-2H3. The number of nitrogens with zero attached hydrogens (tertiary/aromatic N) is 1. The van der Waals surface area contributed by atoms with Gasteiger partial charge < -0.3 is 19.4 Å². The number of aryl methyl sites for hydroxylation is 2. The zero-order valence-electron chi connectivity index (χ0n) is 10.8. The van der Waals surface area contributed by atoms with Crippen LogP contribution in [-0.4, -0.2) is 25.0 Å². The first kappa shape index (κ1) is 11.4. The van der Waals surface area contributed by atoms with Gasteiger partial charge in [-0.25, -0.2) is 0 Å². The van der Waals surface area contributed by atoms with Crippen molar-refractivity contribution >= 4 is 10.9 Å². The monoisotopic (exact) mass is 246 g/mol. The fraction of sp³-hybridized carbons (Fsp3) is 0.429. The topological polar surface area (TPSA) is 35.4 Å². The van der Waals surface area contributed by atoms with Crippen molar-refractivity contribution in [1.29, 1.82) is 0 Å². The summed E-state index contributed by atoms with van der Waals surface area (Å²) in [5.41, 5.74) is 2.58. The summed E-state index contributed by atoms with van der Waals surface area (Å²) < 4.78 is 13.0. The van der Waals surface area contributed by atoms with Crippen LogP contribution in [0.2, 0.25) is 0 Å². The Hall–Kier alpha value is -1.68. The Labute approximate surface area is 106 Å². The molecule has 0 atom stereocenters. The highest BCUT2D eigenvalue weighted by Crippen LogP contribution is 2.37. The second-order valence-corrected chi connectivity index (χ2v) is 4.69. The van der Waals surface area contributed by atoms with Crippen molar-refractivity contribution in [3.8, 4) is 11.5 Å². The normalized spacial score (nSPS) is 13.4. The van der Waals surface area contributed by atoms with Crippen molar-refractivity contribution in [1.82, 2.24) is 9.88 Å². The molecule has 0 unspecified atom stereocenters. The van der Waals surface area contributed by atoms with Crippen LogP contribution < -0.4 is 14.8 Å². The van der Waals surface area contributed by atoms with Gasteiger partial charge in [0.25, 0.3) is 0 Å². The van der Waals surface area contributed by atoms with Crippen molar-refractivity contribution in [3.63, 3.8) is 0 Å². The summed E-state index contributed by atoms with van der Waals surface area (Å²) in [5.74, 6) is 1.72. The SMILES string of the molecule is CNCCCc1cn(C)c2cc3c(cc12)OCO3. The molecule has 0 amide bonds. The second-order valence-electron chi connectivity index (χ2n) is 4.69. The summed E-state index contributed by atoms with van der Waals surface area (Å²) in [6.07, 6.45) is 4.43. The number of hydrogen-bond donors (Lipinski definition) is 1. The minimum atomic E-state index is 0.334. The predicted octanol–water partition coefficient (Wildman–Crippen LogP) is 2.06. The molecule has 0 spiro atoms. The first-order valence-electron chi connectivity index (χ1n) is 6.32. The Balaban J connectivity index is 1.99. The van der Waals surface area contributed by atoms with Crippen LogP contribution in [0.15, 0.2) is 18.3 Å².